The molecule has 9 heteroatoms. The monoisotopic (exact) mass is 392 g/mol. The van der Waals surface area contributed by atoms with Gasteiger partial charge in [0.05, 0.1) is 12.2 Å². The summed E-state index contributed by atoms with van der Waals surface area (Å²) in [5, 5.41) is 4.26. The van der Waals surface area contributed by atoms with Crippen molar-refractivity contribution in [3.63, 3.8) is 0 Å². The van der Waals surface area contributed by atoms with Gasteiger partial charge in [-0.15, -0.1) is 12.4 Å². The van der Waals surface area contributed by atoms with E-state index in [4.69, 9.17) is 10.5 Å². The van der Waals surface area contributed by atoms with E-state index in [1.165, 1.54) is 12.6 Å². The minimum absolute atomic E-state index is 0. The van der Waals surface area contributed by atoms with Crippen LogP contribution in [0.4, 0.5) is 0 Å². The molecule has 0 radical (unpaired) electrons. The van der Waals surface area contributed by atoms with E-state index in [2.05, 4.69) is 9.82 Å². The van der Waals surface area contributed by atoms with Crippen molar-refractivity contribution in [1.29, 1.82) is 0 Å². The lowest BCUT2D eigenvalue weighted by atomic mass is 9.84. The summed E-state index contributed by atoms with van der Waals surface area (Å²) in [4.78, 5) is 0.225. The third-order valence-electron chi connectivity index (χ3n) is 5.23. The Bertz CT molecular complexity index is 625. The molecule has 1 atom stereocenters. The molecule has 25 heavy (non-hydrogen) atoms. The summed E-state index contributed by atoms with van der Waals surface area (Å²) >= 11 is 0. The van der Waals surface area contributed by atoms with Crippen molar-refractivity contribution in [3.05, 3.63) is 12.4 Å². The molecule has 1 aliphatic heterocycles. The van der Waals surface area contributed by atoms with Gasteiger partial charge in [-0.05, 0) is 31.6 Å². The molecule has 0 aromatic carbocycles. The van der Waals surface area contributed by atoms with Crippen molar-refractivity contribution in [1.82, 2.24) is 14.5 Å². The van der Waals surface area contributed by atoms with Crippen LogP contribution in [0.2, 0.25) is 0 Å². The summed E-state index contributed by atoms with van der Waals surface area (Å²) in [6.07, 6.45) is 10.4. The molecular weight excluding hydrogens is 364 g/mol. The van der Waals surface area contributed by atoms with Crippen LogP contribution in [-0.2, 0) is 14.8 Å². The van der Waals surface area contributed by atoms with Crippen molar-refractivity contribution in [3.8, 4) is 0 Å². The number of nitrogens with two attached hydrogens (primary N) is 1. The highest BCUT2D eigenvalue weighted by molar-refractivity contribution is 7.89. The lowest BCUT2D eigenvalue weighted by Gasteiger charge is -2.29. The van der Waals surface area contributed by atoms with Crippen LogP contribution in [0.3, 0.4) is 0 Å². The van der Waals surface area contributed by atoms with Crippen LogP contribution < -0.4 is 10.5 Å². The lowest BCUT2D eigenvalue weighted by molar-refractivity contribution is 0.0662. The van der Waals surface area contributed by atoms with Gasteiger partial charge in [-0.3, -0.25) is 4.68 Å². The summed E-state index contributed by atoms with van der Waals surface area (Å²) in [5.74, 6) is 0.337. The Balaban J connectivity index is 0.00000225. The molecule has 2 heterocycles. The van der Waals surface area contributed by atoms with Crippen LogP contribution in [0.15, 0.2) is 17.3 Å². The molecule has 1 saturated heterocycles. The van der Waals surface area contributed by atoms with E-state index in [9.17, 15) is 8.42 Å². The van der Waals surface area contributed by atoms with Gasteiger partial charge in [-0.25, -0.2) is 13.1 Å². The summed E-state index contributed by atoms with van der Waals surface area (Å²) in [7, 11) is -3.58. The Morgan fingerprint density at radius 3 is 2.56 bits per heavy atom. The highest BCUT2D eigenvalue weighted by Crippen LogP contribution is 2.27. The molecule has 1 aliphatic carbocycles. The predicted octanol–water partition coefficient (Wildman–Crippen LogP) is 1.84. The first-order chi connectivity index (χ1) is 11.6. The van der Waals surface area contributed by atoms with Gasteiger partial charge in [0.2, 0.25) is 10.0 Å². The normalized spacial score (nSPS) is 21.6. The first kappa shape index (κ1) is 20.6. The Labute approximate surface area is 156 Å². The second-order valence-corrected chi connectivity index (χ2v) is 8.58. The molecule has 144 valence electrons. The fourth-order valence-electron chi connectivity index (χ4n) is 3.75. The van der Waals surface area contributed by atoms with Crippen molar-refractivity contribution in [2.24, 2.45) is 11.7 Å². The first-order valence-electron chi connectivity index (χ1n) is 8.94. The zero-order valence-electron chi connectivity index (χ0n) is 14.5. The molecule has 3 rings (SSSR count). The molecule has 2 fully saturated rings. The second kappa shape index (κ2) is 9.32. The van der Waals surface area contributed by atoms with Gasteiger partial charge < -0.3 is 10.5 Å². The Hall–Kier alpha value is -0.670. The second-order valence-electron chi connectivity index (χ2n) is 6.86. The SMILES string of the molecule is Cl.NCC(NS(=O)(=O)c1cnn(C2CCOCC2)c1)C1CCCCC1. The van der Waals surface area contributed by atoms with Gasteiger partial charge >= 0.3 is 0 Å². The number of aromatic nitrogens is 2. The minimum Gasteiger partial charge on any atom is -0.381 e. The summed E-state index contributed by atoms with van der Waals surface area (Å²) in [5.41, 5.74) is 5.85. The van der Waals surface area contributed by atoms with E-state index < -0.39 is 10.0 Å². The average Bonchev–Trinajstić information content (AvgIpc) is 3.12. The van der Waals surface area contributed by atoms with Crippen molar-refractivity contribution in [2.45, 2.75) is 61.9 Å². The fraction of sp³-hybridized carbons (Fsp3) is 0.812. The Morgan fingerprint density at radius 2 is 1.92 bits per heavy atom. The number of nitrogens with one attached hydrogen (secondary N) is 1. The molecular formula is C16H29ClN4O3S. The molecule has 0 spiro atoms. The quantitative estimate of drug-likeness (QED) is 0.769. The van der Waals surface area contributed by atoms with Gasteiger partial charge in [0.1, 0.15) is 4.90 Å². The van der Waals surface area contributed by atoms with Gasteiger partial charge in [-0.2, -0.15) is 5.10 Å². The molecule has 0 bridgehead atoms. The zero-order valence-corrected chi connectivity index (χ0v) is 16.1. The van der Waals surface area contributed by atoms with Crippen LogP contribution in [-0.4, -0.2) is 44.0 Å². The van der Waals surface area contributed by atoms with Crippen LogP contribution in [0, 0.1) is 5.92 Å². The molecule has 0 amide bonds. The zero-order chi connectivity index (χ0) is 17.0. The van der Waals surface area contributed by atoms with Crippen molar-refractivity contribution < 1.29 is 13.2 Å². The van der Waals surface area contributed by atoms with Gasteiger partial charge in [-0.1, -0.05) is 19.3 Å². The number of ether oxygens (including phenoxy) is 1. The fourth-order valence-corrected chi connectivity index (χ4v) is 5.01. The third-order valence-corrected chi connectivity index (χ3v) is 6.68. The number of hydrogen-bond donors (Lipinski definition) is 2. The first-order valence-corrected chi connectivity index (χ1v) is 10.4. The van der Waals surface area contributed by atoms with E-state index in [1.807, 2.05) is 0 Å². The maximum atomic E-state index is 12.7. The summed E-state index contributed by atoms with van der Waals surface area (Å²) in [6, 6.07) is 0.0214. The molecule has 1 saturated carbocycles. The van der Waals surface area contributed by atoms with E-state index in [0.717, 1.165) is 38.5 Å². The molecule has 1 aromatic rings. The third kappa shape index (κ3) is 5.17. The van der Waals surface area contributed by atoms with Crippen LogP contribution in [0.5, 0.6) is 0 Å². The minimum atomic E-state index is -3.58. The smallest absolute Gasteiger partial charge is 0.243 e. The van der Waals surface area contributed by atoms with Crippen LogP contribution in [0.25, 0.3) is 0 Å². The number of hydrogen-bond acceptors (Lipinski definition) is 5. The molecule has 1 aromatic heterocycles. The number of halogens is 1. The molecule has 7 nitrogen and oxygen atoms in total. The van der Waals surface area contributed by atoms with E-state index in [0.29, 0.717) is 25.7 Å². The summed E-state index contributed by atoms with van der Waals surface area (Å²) in [6.45, 7) is 1.72. The van der Waals surface area contributed by atoms with Gasteiger partial charge in [0, 0.05) is 32.0 Å². The largest absolute Gasteiger partial charge is 0.381 e. The maximum absolute atomic E-state index is 12.7. The average molecular weight is 393 g/mol. The predicted molar refractivity (Wildman–Crippen MR) is 98.3 cm³/mol. The Morgan fingerprint density at radius 1 is 1.24 bits per heavy atom. The Kier molecular flexibility index (Phi) is 7.69. The summed E-state index contributed by atoms with van der Waals surface area (Å²) < 4.78 is 35.3. The van der Waals surface area contributed by atoms with Crippen LogP contribution in [0.1, 0.15) is 51.0 Å². The van der Waals surface area contributed by atoms with Crippen LogP contribution >= 0.6 is 12.4 Å². The molecule has 3 N–H and O–H groups in total. The lowest BCUT2D eigenvalue weighted by Crippen LogP contribution is -2.45. The molecule has 2 aliphatic rings. The highest BCUT2D eigenvalue weighted by Gasteiger charge is 2.28. The standard InChI is InChI=1S/C16H28N4O3S.ClH/c17-10-16(13-4-2-1-3-5-13)19-24(21,22)15-11-18-20(12-15)14-6-8-23-9-7-14;/h11-14,16,19H,1-10,17H2;1H. The van der Waals surface area contributed by atoms with Gasteiger partial charge in [0.15, 0.2) is 0 Å². The molecule has 1 unspecified atom stereocenters. The maximum Gasteiger partial charge on any atom is 0.243 e. The number of sulfonamides is 1. The van der Waals surface area contributed by atoms with Crippen molar-refractivity contribution in [2.75, 3.05) is 19.8 Å². The van der Waals surface area contributed by atoms with E-state index >= 15 is 0 Å². The number of rotatable bonds is 6. The van der Waals surface area contributed by atoms with Gasteiger partial charge in [0.25, 0.3) is 0 Å². The topological polar surface area (TPSA) is 99.2 Å². The number of nitrogens with zero attached hydrogens (tertiary/aromatic N) is 2. The van der Waals surface area contributed by atoms with Crippen molar-refractivity contribution >= 4 is 22.4 Å². The van der Waals surface area contributed by atoms with E-state index in [-0.39, 0.29) is 29.4 Å². The van der Waals surface area contributed by atoms with E-state index in [1.54, 1.807) is 10.9 Å². The highest BCUT2D eigenvalue weighted by atomic mass is 35.5.